The Balaban J connectivity index is 2.05. The van der Waals surface area contributed by atoms with E-state index in [4.69, 9.17) is 0 Å². The average molecular weight is 359 g/mol. The Labute approximate surface area is 140 Å². The molecule has 2 rings (SSSR count). The number of alkyl halides is 2. The van der Waals surface area contributed by atoms with Gasteiger partial charge in [-0.3, -0.25) is 4.79 Å². The van der Waals surface area contributed by atoms with Crippen molar-refractivity contribution in [3.05, 3.63) is 54.1 Å². The predicted octanol–water partition coefficient (Wildman–Crippen LogP) is 4.69. The minimum atomic E-state index is -3.02. The van der Waals surface area contributed by atoms with E-state index in [1.165, 1.54) is 24.3 Å². The van der Waals surface area contributed by atoms with E-state index in [0.717, 1.165) is 23.9 Å². The Hall–Kier alpha value is -2.22. The fourth-order valence-electron chi connectivity index (χ4n) is 1.81. The lowest BCUT2D eigenvalue weighted by molar-refractivity contribution is -0.115. The van der Waals surface area contributed by atoms with Crippen LogP contribution >= 0.6 is 11.8 Å². The van der Waals surface area contributed by atoms with E-state index in [-0.39, 0.29) is 11.4 Å². The molecule has 0 fully saturated rings. The van der Waals surface area contributed by atoms with Crippen molar-refractivity contribution in [2.24, 2.45) is 0 Å². The molecule has 3 nitrogen and oxygen atoms in total. The largest absolute Gasteiger partial charge is 0.433 e. The molecule has 0 spiro atoms. The quantitative estimate of drug-likeness (QED) is 0.601. The van der Waals surface area contributed by atoms with Crippen LogP contribution in [0.25, 0.3) is 0 Å². The topological polar surface area (TPSA) is 38.3 Å². The van der Waals surface area contributed by atoms with E-state index in [1.54, 1.807) is 13.0 Å². The van der Waals surface area contributed by atoms with E-state index in [1.807, 2.05) is 0 Å². The van der Waals surface area contributed by atoms with Crippen molar-refractivity contribution < 1.29 is 27.1 Å². The van der Waals surface area contributed by atoms with Gasteiger partial charge in [0.1, 0.15) is 5.75 Å². The second-order valence-electron chi connectivity index (χ2n) is 4.70. The average Bonchev–Trinajstić information content (AvgIpc) is 2.52. The molecule has 0 saturated carbocycles. The number of anilines is 1. The highest BCUT2D eigenvalue weighted by Gasteiger charge is 2.18. The number of hydrogen-bond donors (Lipinski definition) is 1. The Kier molecular flexibility index (Phi) is 6.08. The van der Waals surface area contributed by atoms with Gasteiger partial charge in [-0.25, -0.2) is 8.78 Å². The Morgan fingerprint density at radius 3 is 2.50 bits per heavy atom. The fourth-order valence-corrected chi connectivity index (χ4v) is 2.70. The number of nitrogens with one attached hydrogen (secondary N) is 1. The first kappa shape index (κ1) is 18.1. The number of hydrogen-bond acceptors (Lipinski definition) is 3. The number of thioether (sulfide) groups is 1. The molecule has 0 aliphatic heterocycles. The Bertz CT molecular complexity index is 727. The van der Waals surface area contributed by atoms with Crippen molar-refractivity contribution in [1.29, 1.82) is 0 Å². The summed E-state index contributed by atoms with van der Waals surface area (Å²) in [5.74, 6) is -2.64. The molecule has 0 unspecified atom stereocenters. The number of carbonyl (C=O) groups is 1. The number of benzene rings is 2. The molecule has 0 aliphatic rings. The first-order valence-electron chi connectivity index (χ1n) is 6.83. The minimum Gasteiger partial charge on any atom is -0.433 e. The summed E-state index contributed by atoms with van der Waals surface area (Å²) in [4.78, 5) is 12.5. The molecule has 0 radical (unpaired) electrons. The first-order valence-corrected chi connectivity index (χ1v) is 7.71. The molecule has 0 heterocycles. The molecule has 2 aromatic carbocycles. The summed E-state index contributed by atoms with van der Waals surface area (Å²) in [7, 11) is 0. The summed E-state index contributed by atoms with van der Waals surface area (Å²) in [6, 6.07) is 9.07. The van der Waals surface area contributed by atoms with Crippen molar-refractivity contribution >= 4 is 23.4 Å². The second-order valence-corrected chi connectivity index (χ2v) is 6.11. The summed E-state index contributed by atoms with van der Waals surface area (Å²) in [5, 5.41) is 1.80. The van der Waals surface area contributed by atoms with Crippen LogP contribution in [0.2, 0.25) is 0 Å². The SMILES string of the molecule is C[C@H](Sc1ccc(F)c(F)c1)C(=O)Nc1ccccc1OC(F)F. The molecule has 0 saturated heterocycles. The molecular weight excluding hydrogens is 346 g/mol. The first-order chi connectivity index (χ1) is 11.4. The van der Waals surface area contributed by atoms with Crippen LogP contribution in [-0.2, 0) is 4.79 Å². The zero-order chi connectivity index (χ0) is 17.7. The van der Waals surface area contributed by atoms with Gasteiger partial charge in [0, 0.05) is 4.90 Å². The van der Waals surface area contributed by atoms with E-state index < -0.39 is 29.4 Å². The maximum absolute atomic E-state index is 13.2. The number of rotatable bonds is 6. The lowest BCUT2D eigenvalue weighted by atomic mass is 10.3. The highest BCUT2D eigenvalue weighted by atomic mass is 32.2. The standard InChI is InChI=1S/C16H13F4NO2S/c1-9(24-10-6-7-11(17)12(18)8-10)15(22)21-13-4-2-3-5-14(13)23-16(19)20/h2-9,16H,1H3,(H,21,22)/t9-/m0/s1. The normalized spacial score (nSPS) is 12.1. The van der Waals surface area contributed by atoms with Crippen LogP contribution in [0.3, 0.4) is 0 Å². The number of carbonyl (C=O) groups excluding carboxylic acids is 1. The maximum atomic E-state index is 13.2. The maximum Gasteiger partial charge on any atom is 0.387 e. The molecule has 2 aromatic rings. The second kappa shape index (κ2) is 8.05. The summed E-state index contributed by atoms with van der Waals surface area (Å²) in [6.45, 7) is -1.46. The number of amides is 1. The molecule has 8 heteroatoms. The monoisotopic (exact) mass is 359 g/mol. The highest BCUT2D eigenvalue weighted by Crippen LogP contribution is 2.29. The van der Waals surface area contributed by atoms with Gasteiger partial charge in [0.25, 0.3) is 0 Å². The molecule has 0 aromatic heterocycles. The van der Waals surface area contributed by atoms with Gasteiger partial charge >= 0.3 is 6.61 Å². The van der Waals surface area contributed by atoms with Crippen LogP contribution in [-0.4, -0.2) is 17.8 Å². The molecule has 1 amide bonds. The van der Waals surface area contributed by atoms with E-state index >= 15 is 0 Å². The van der Waals surface area contributed by atoms with Gasteiger partial charge in [-0.05, 0) is 37.3 Å². The van der Waals surface area contributed by atoms with Crippen LogP contribution in [0.5, 0.6) is 5.75 Å². The van der Waals surface area contributed by atoms with Crippen molar-refractivity contribution in [1.82, 2.24) is 0 Å². The number of halogens is 4. The van der Waals surface area contributed by atoms with Gasteiger partial charge in [0.15, 0.2) is 11.6 Å². The van der Waals surface area contributed by atoms with Crippen molar-refractivity contribution in [2.45, 2.75) is 23.7 Å². The van der Waals surface area contributed by atoms with Crippen LogP contribution in [0.4, 0.5) is 23.2 Å². The van der Waals surface area contributed by atoms with Gasteiger partial charge in [-0.2, -0.15) is 8.78 Å². The molecule has 1 N–H and O–H groups in total. The van der Waals surface area contributed by atoms with Gasteiger partial charge in [0.05, 0.1) is 10.9 Å². The summed E-state index contributed by atoms with van der Waals surface area (Å²) in [5.41, 5.74) is 0.0977. The van der Waals surface area contributed by atoms with Crippen LogP contribution < -0.4 is 10.1 Å². The highest BCUT2D eigenvalue weighted by molar-refractivity contribution is 8.00. The van der Waals surface area contributed by atoms with Crippen molar-refractivity contribution in [3.63, 3.8) is 0 Å². The third-order valence-electron chi connectivity index (χ3n) is 2.93. The third-order valence-corrected chi connectivity index (χ3v) is 4.03. The van der Waals surface area contributed by atoms with Crippen molar-refractivity contribution in [2.75, 3.05) is 5.32 Å². The van der Waals surface area contributed by atoms with Gasteiger partial charge < -0.3 is 10.1 Å². The zero-order valence-electron chi connectivity index (χ0n) is 12.4. The fraction of sp³-hybridized carbons (Fsp3) is 0.188. The number of ether oxygens (including phenoxy) is 1. The van der Waals surface area contributed by atoms with E-state index in [9.17, 15) is 22.4 Å². The Morgan fingerprint density at radius 1 is 1.12 bits per heavy atom. The molecular formula is C16H13F4NO2S. The van der Waals surface area contributed by atoms with E-state index in [0.29, 0.717) is 4.90 Å². The summed E-state index contributed by atoms with van der Waals surface area (Å²) in [6.07, 6.45) is 0. The molecule has 24 heavy (non-hydrogen) atoms. The van der Waals surface area contributed by atoms with E-state index in [2.05, 4.69) is 10.1 Å². The van der Waals surface area contributed by atoms with Crippen molar-refractivity contribution in [3.8, 4) is 5.75 Å². The minimum absolute atomic E-state index is 0.0977. The lowest BCUT2D eigenvalue weighted by Crippen LogP contribution is -2.23. The summed E-state index contributed by atoms with van der Waals surface area (Å²) < 4.78 is 55.1. The molecule has 128 valence electrons. The van der Waals surface area contributed by atoms with Gasteiger partial charge in [0.2, 0.25) is 5.91 Å². The lowest BCUT2D eigenvalue weighted by Gasteiger charge is -2.15. The Morgan fingerprint density at radius 2 is 1.83 bits per heavy atom. The number of para-hydroxylation sites is 2. The molecule has 0 bridgehead atoms. The molecule has 0 aliphatic carbocycles. The third kappa shape index (κ3) is 4.89. The van der Waals surface area contributed by atoms with Gasteiger partial charge in [-0.15, -0.1) is 11.8 Å². The van der Waals surface area contributed by atoms with Crippen LogP contribution in [0, 0.1) is 11.6 Å². The smallest absolute Gasteiger partial charge is 0.387 e. The van der Waals surface area contributed by atoms with Crippen LogP contribution in [0.1, 0.15) is 6.92 Å². The van der Waals surface area contributed by atoms with Crippen LogP contribution in [0.15, 0.2) is 47.4 Å². The zero-order valence-corrected chi connectivity index (χ0v) is 13.2. The summed E-state index contributed by atoms with van der Waals surface area (Å²) >= 11 is 1.01. The van der Waals surface area contributed by atoms with Gasteiger partial charge in [-0.1, -0.05) is 12.1 Å². The predicted molar refractivity (Wildman–Crippen MR) is 83.4 cm³/mol. The molecule has 1 atom stereocenters.